The lowest BCUT2D eigenvalue weighted by Crippen LogP contribution is -2.53. The SMILES string of the molecule is O=C1CC(Cc2nnc(SCc3cccc(F)c3)n2-c2ccc(Cl)cc2)NC(=O)N1. The maximum Gasteiger partial charge on any atom is 0.321 e. The number of carbonyl (C=O) groups is 2. The Bertz CT molecular complexity index is 1070. The number of urea groups is 1. The largest absolute Gasteiger partial charge is 0.334 e. The van der Waals surface area contributed by atoms with Crippen molar-refractivity contribution in [3.05, 3.63) is 70.8 Å². The van der Waals surface area contributed by atoms with Crippen molar-refractivity contribution < 1.29 is 14.0 Å². The minimum absolute atomic E-state index is 0.158. The molecular formula is C20H17ClFN5O2S. The molecule has 2 aromatic carbocycles. The van der Waals surface area contributed by atoms with Crippen LogP contribution in [0, 0.1) is 5.82 Å². The Hall–Kier alpha value is -2.91. The Kier molecular flexibility index (Phi) is 6.01. The normalized spacial score (nSPS) is 16.3. The van der Waals surface area contributed by atoms with Gasteiger partial charge in [-0.05, 0) is 42.0 Å². The molecule has 0 radical (unpaired) electrons. The fraction of sp³-hybridized carbons (Fsp3) is 0.200. The van der Waals surface area contributed by atoms with E-state index in [0.717, 1.165) is 11.3 Å². The number of imide groups is 1. The predicted molar refractivity (Wildman–Crippen MR) is 111 cm³/mol. The number of hydrogen-bond donors (Lipinski definition) is 2. The molecule has 3 aromatic rings. The summed E-state index contributed by atoms with van der Waals surface area (Å²) in [5.41, 5.74) is 1.62. The molecule has 1 atom stereocenters. The van der Waals surface area contributed by atoms with Crippen molar-refractivity contribution in [1.29, 1.82) is 0 Å². The highest BCUT2D eigenvalue weighted by Crippen LogP contribution is 2.27. The van der Waals surface area contributed by atoms with Gasteiger partial charge in [-0.2, -0.15) is 0 Å². The standard InChI is InChI=1S/C20H17ClFN5O2S/c21-13-4-6-16(7-5-13)27-17(9-15-10-18(28)24-19(29)23-15)25-26-20(27)30-11-12-2-1-3-14(22)8-12/h1-8,15H,9-11H2,(H2,23,24,28,29). The maximum absolute atomic E-state index is 13.5. The molecule has 154 valence electrons. The molecule has 1 aromatic heterocycles. The lowest BCUT2D eigenvalue weighted by molar-refractivity contribution is -0.121. The molecule has 1 aliphatic rings. The van der Waals surface area contributed by atoms with E-state index in [0.29, 0.717) is 28.2 Å². The molecule has 0 saturated carbocycles. The summed E-state index contributed by atoms with van der Waals surface area (Å²) >= 11 is 7.44. The van der Waals surface area contributed by atoms with Crippen LogP contribution in [0.2, 0.25) is 5.02 Å². The predicted octanol–water partition coefficient (Wildman–Crippen LogP) is 3.49. The van der Waals surface area contributed by atoms with Crippen molar-refractivity contribution in [2.24, 2.45) is 0 Å². The Labute approximate surface area is 181 Å². The van der Waals surface area contributed by atoms with E-state index in [4.69, 9.17) is 11.6 Å². The molecule has 2 heterocycles. The van der Waals surface area contributed by atoms with Crippen molar-refractivity contribution >= 4 is 35.3 Å². The molecule has 3 amide bonds. The Balaban J connectivity index is 1.62. The molecule has 0 spiro atoms. The molecule has 1 fully saturated rings. The zero-order valence-corrected chi connectivity index (χ0v) is 17.2. The maximum atomic E-state index is 13.5. The van der Waals surface area contributed by atoms with Gasteiger partial charge in [0.1, 0.15) is 11.6 Å². The monoisotopic (exact) mass is 445 g/mol. The number of thioether (sulfide) groups is 1. The van der Waals surface area contributed by atoms with Crippen LogP contribution in [0.5, 0.6) is 0 Å². The smallest absolute Gasteiger partial charge is 0.321 e. The first-order valence-electron chi connectivity index (χ1n) is 9.16. The Morgan fingerprint density at radius 3 is 2.70 bits per heavy atom. The molecule has 30 heavy (non-hydrogen) atoms. The van der Waals surface area contributed by atoms with Crippen LogP contribution in [0.1, 0.15) is 17.8 Å². The lowest BCUT2D eigenvalue weighted by atomic mass is 10.1. The quantitative estimate of drug-likeness (QED) is 0.567. The molecule has 1 saturated heterocycles. The fourth-order valence-corrected chi connectivity index (χ4v) is 4.21. The van der Waals surface area contributed by atoms with Gasteiger partial charge >= 0.3 is 6.03 Å². The number of amides is 3. The van der Waals surface area contributed by atoms with E-state index in [1.165, 1.54) is 23.9 Å². The topological polar surface area (TPSA) is 88.9 Å². The van der Waals surface area contributed by atoms with Gasteiger partial charge in [-0.15, -0.1) is 10.2 Å². The number of halogens is 2. The zero-order valence-electron chi connectivity index (χ0n) is 15.6. The summed E-state index contributed by atoms with van der Waals surface area (Å²) in [6.07, 6.45) is 0.486. The highest BCUT2D eigenvalue weighted by molar-refractivity contribution is 7.98. The van der Waals surface area contributed by atoms with Crippen LogP contribution in [0.15, 0.2) is 53.7 Å². The zero-order chi connectivity index (χ0) is 21.1. The van der Waals surface area contributed by atoms with E-state index >= 15 is 0 Å². The van der Waals surface area contributed by atoms with Gasteiger partial charge in [0, 0.05) is 35.3 Å². The van der Waals surface area contributed by atoms with E-state index < -0.39 is 6.03 Å². The summed E-state index contributed by atoms with van der Waals surface area (Å²) < 4.78 is 15.3. The van der Waals surface area contributed by atoms with Crippen molar-refractivity contribution in [2.45, 2.75) is 29.8 Å². The Morgan fingerprint density at radius 2 is 1.97 bits per heavy atom. The Morgan fingerprint density at radius 1 is 1.17 bits per heavy atom. The molecule has 10 heteroatoms. The molecule has 0 bridgehead atoms. The van der Waals surface area contributed by atoms with Crippen LogP contribution < -0.4 is 10.6 Å². The molecule has 0 aliphatic carbocycles. The summed E-state index contributed by atoms with van der Waals surface area (Å²) in [7, 11) is 0. The number of nitrogens with one attached hydrogen (secondary N) is 2. The van der Waals surface area contributed by atoms with E-state index in [1.54, 1.807) is 18.2 Å². The summed E-state index contributed by atoms with van der Waals surface area (Å²) in [6, 6.07) is 12.7. The molecule has 4 rings (SSSR count). The second-order valence-electron chi connectivity index (χ2n) is 6.76. The molecule has 1 aliphatic heterocycles. The first-order valence-corrected chi connectivity index (χ1v) is 10.5. The van der Waals surface area contributed by atoms with Crippen LogP contribution in [-0.2, 0) is 17.0 Å². The number of hydrogen-bond acceptors (Lipinski definition) is 5. The third kappa shape index (κ3) is 4.80. The second-order valence-corrected chi connectivity index (χ2v) is 8.13. The first-order chi connectivity index (χ1) is 14.5. The summed E-state index contributed by atoms with van der Waals surface area (Å²) in [6.45, 7) is 0. The minimum Gasteiger partial charge on any atom is -0.334 e. The third-order valence-corrected chi connectivity index (χ3v) is 5.74. The van der Waals surface area contributed by atoms with Crippen LogP contribution in [0.4, 0.5) is 9.18 Å². The van der Waals surface area contributed by atoms with Gasteiger partial charge < -0.3 is 5.32 Å². The van der Waals surface area contributed by atoms with Crippen LogP contribution >= 0.6 is 23.4 Å². The third-order valence-electron chi connectivity index (χ3n) is 4.49. The summed E-state index contributed by atoms with van der Waals surface area (Å²) in [4.78, 5) is 23.3. The van der Waals surface area contributed by atoms with E-state index in [2.05, 4.69) is 20.8 Å². The van der Waals surface area contributed by atoms with E-state index in [-0.39, 0.29) is 24.2 Å². The number of carbonyl (C=O) groups excluding carboxylic acids is 2. The van der Waals surface area contributed by atoms with Crippen molar-refractivity contribution in [1.82, 2.24) is 25.4 Å². The molecule has 2 N–H and O–H groups in total. The minimum atomic E-state index is -0.519. The lowest BCUT2D eigenvalue weighted by Gasteiger charge is -2.23. The first kappa shape index (κ1) is 20.4. The van der Waals surface area contributed by atoms with Gasteiger partial charge in [-0.25, -0.2) is 9.18 Å². The van der Waals surface area contributed by atoms with E-state index in [9.17, 15) is 14.0 Å². The molecule has 1 unspecified atom stereocenters. The van der Waals surface area contributed by atoms with Crippen LogP contribution in [-0.4, -0.2) is 32.7 Å². The van der Waals surface area contributed by atoms with Gasteiger partial charge in [-0.1, -0.05) is 35.5 Å². The number of benzene rings is 2. The van der Waals surface area contributed by atoms with Crippen molar-refractivity contribution in [2.75, 3.05) is 0 Å². The number of aromatic nitrogens is 3. The van der Waals surface area contributed by atoms with Gasteiger partial charge in [0.15, 0.2) is 5.16 Å². The molecule has 7 nitrogen and oxygen atoms in total. The summed E-state index contributed by atoms with van der Waals surface area (Å²) in [5, 5.41) is 14.7. The average Bonchev–Trinajstić information content (AvgIpc) is 3.09. The fourth-order valence-electron chi connectivity index (χ4n) is 3.17. The summed E-state index contributed by atoms with van der Waals surface area (Å²) in [5.74, 6) is 0.479. The van der Waals surface area contributed by atoms with Gasteiger partial charge in [0.25, 0.3) is 0 Å². The number of nitrogens with zero attached hydrogens (tertiary/aromatic N) is 3. The number of rotatable bonds is 6. The van der Waals surface area contributed by atoms with Gasteiger partial charge in [-0.3, -0.25) is 14.7 Å². The van der Waals surface area contributed by atoms with E-state index in [1.807, 2.05) is 22.8 Å². The highest BCUT2D eigenvalue weighted by Gasteiger charge is 2.26. The second kappa shape index (κ2) is 8.85. The molecular weight excluding hydrogens is 429 g/mol. The van der Waals surface area contributed by atoms with Gasteiger partial charge in [0.2, 0.25) is 5.91 Å². The van der Waals surface area contributed by atoms with Crippen LogP contribution in [0.3, 0.4) is 0 Å². The highest BCUT2D eigenvalue weighted by atomic mass is 35.5. The van der Waals surface area contributed by atoms with Crippen LogP contribution in [0.25, 0.3) is 5.69 Å². The van der Waals surface area contributed by atoms with Crippen molar-refractivity contribution in [3.8, 4) is 5.69 Å². The van der Waals surface area contributed by atoms with Gasteiger partial charge in [0.05, 0.1) is 0 Å². The average molecular weight is 446 g/mol. The van der Waals surface area contributed by atoms with Crippen molar-refractivity contribution in [3.63, 3.8) is 0 Å².